The zero-order valence-electron chi connectivity index (χ0n) is 18.1. The molecule has 2 N–H and O–H groups in total. The second-order valence-corrected chi connectivity index (χ2v) is 9.76. The van der Waals surface area contributed by atoms with E-state index < -0.39 is 0 Å². The van der Waals surface area contributed by atoms with Gasteiger partial charge >= 0.3 is 0 Å². The first kappa shape index (κ1) is 20.8. The second-order valence-electron chi connectivity index (χ2n) is 8.76. The summed E-state index contributed by atoms with van der Waals surface area (Å²) in [4.78, 5) is 17.7. The molecule has 1 fully saturated rings. The third-order valence-electron chi connectivity index (χ3n) is 5.99. The van der Waals surface area contributed by atoms with E-state index in [-0.39, 0.29) is 12.2 Å². The summed E-state index contributed by atoms with van der Waals surface area (Å²) in [5, 5.41) is 13.4. The first-order valence-corrected chi connectivity index (χ1v) is 11.8. The lowest BCUT2D eigenvalue weighted by molar-refractivity contribution is -0.0395. The molecule has 0 aliphatic carbocycles. The quantitative estimate of drug-likeness (QED) is 0.538. The minimum atomic E-state index is -0.212. The zero-order valence-corrected chi connectivity index (χ0v) is 18.9. The smallest absolute Gasteiger partial charge is 0.147 e. The van der Waals surface area contributed by atoms with Crippen LogP contribution in [0.2, 0.25) is 0 Å². The van der Waals surface area contributed by atoms with Gasteiger partial charge in [-0.2, -0.15) is 0 Å². The summed E-state index contributed by atoms with van der Waals surface area (Å²) in [6.07, 6.45) is 4.89. The van der Waals surface area contributed by atoms with Gasteiger partial charge in [0.25, 0.3) is 0 Å². The summed E-state index contributed by atoms with van der Waals surface area (Å²) >= 11 is 1.66. The van der Waals surface area contributed by atoms with E-state index in [0.29, 0.717) is 26.4 Å². The van der Waals surface area contributed by atoms with E-state index in [1.165, 1.54) is 24.0 Å². The molecule has 8 nitrogen and oxygen atoms in total. The zero-order chi connectivity index (χ0) is 21.4. The summed E-state index contributed by atoms with van der Waals surface area (Å²) in [6, 6.07) is 0. The van der Waals surface area contributed by atoms with Crippen molar-refractivity contribution >= 4 is 43.4 Å². The largest absolute Gasteiger partial charge is 0.394 e. The molecule has 0 spiro atoms. The molecule has 5 rings (SSSR count). The fourth-order valence-electron chi connectivity index (χ4n) is 4.51. The molecule has 0 aromatic carbocycles. The van der Waals surface area contributed by atoms with Crippen molar-refractivity contribution in [1.82, 2.24) is 15.0 Å². The number of hydrogen-bond acceptors (Lipinski definition) is 9. The van der Waals surface area contributed by atoms with Crippen LogP contribution in [-0.2, 0) is 22.5 Å². The van der Waals surface area contributed by atoms with Gasteiger partial charge in [-0.1, -0.05) is 0 Å². The Morgan fingerprint density at radius 2 is 2.06 bits per heavy atom. The number of fused-ring (bicyclic) bond motifs is 5. The van der Waals surface area contributed by atoms with Crippen LogP contribution in [0.25, 0.3) is 20.4 Å². The molecule has 1 saturated heterocycles. The van der Waals surface area contributed by atoms with Crippen LogP contribution in [0.4, 0.5) is 11.6 Å². The van der Waals surface area contributed by atoms with E-state index >= 15 is 0 Å². The summed E-state index contributed by atoms with van der Waals surface area (Å²) in [5.41, 5.74) is 3.29. The minimum absolute atomic E-state index is 0.0320. The van der Waals surface area contributed by atoms with Gasteiger partial charge in [-0.05, 0) is 32.3 Å². The van der Waals surface area contributed by atoms with Gasteiger partial charge in [0.05, 0.1) is 42.2 Å². The molecule has 9 heteroatoms. The van der Waals surface area contributed by atoms with Gasteiger partial charge in [-0.3, -0.25) is 0 Å². The first-order chi connectivity index (χ1) is 15.1. The van der Waals surface area contributed by atoms with Crippen molar-refractivity contribution in [3.05, 3.63) is 17.5 Å². The Bertz CT molecular complexity index is 1090. The van der Waals surface area contributed by atoms with Gasteiger partial charge in [-0.15, -0.1) is 11.3 Å². The molecule has 3 aromatic rings. The number of aliphatic hydroxyl groups excluding tert-OH is 1. The van der Waals surface area contributed by atoms with Crippen molar-refractivity contribution in [2.75, 3.05) is 49.7 Å². The normalized spacial score (nSPS) is 18.1. The van der Waals surface area contributed by atoms with Gasteiger partial charge in [0.1, 0.15) is 22.8 Å². The van der Waals surface area contributed by atoms with Crippen molar-refractivity contribution in [3.8, 4) is 0 Å². The third-order valence-corrected chi connectivity index (χ3v) is 7.07. The fraction of sp³-hybridized carbons (Fsp3) is 0.591. The summed E-state index contributed by atoms with van der Waals surface area (Å²) in [6.45, 7) is 8.51. The highest BCUT2D eigenvalue weighted by Crippen LogP contribution is 2.44. The number of ether oxygens (including phenoxy) is 2. The lowest BCUT2D eigenvalue weighted by Crippen LogP contribution is -2.33. The Balaban J connectivity index is 1.60. The van der Waals surface area contributed by atoms with Crippen molar-refractivity contribution in [1.29, 1.82) is 0 Å². The standard InChI is InChI=1S/C22H29N5O3S/c1-22(2)11-14-15(12-30-22)20(27-6-3-4-7-27)26-21-16(14)17-18(31-21)19(25-13-24-17)23-5-9-29-10-8-28/h13,28H,3-12H2,1-2H3,(H,23,24,25). The topological polar surface area (TPSA) is 92.6 Å². The average Bonchev–Trinajstić information content (AvgIpc) is 3.40. The average molecular weight is 444 g/mol. The number of nitrogens with one attached hydrogen (secondary N) is 1. The maximum atomic E-state index is 8.86. The van der Waals surface area contributed by atoms with Crippen molar-refractivity contribution in [3.63, 3.8) is 0 Å². The molecule has 0 unspecified atom stereocenters. The summed E-state index contributed by atoms with van der Waals surface area (Å²) in [7, 11) is 0. The minimum Gasteiger partial charge on any atom is -0.394 e. The number of hydrogen-bond donors (Lipinski definition) is 2. The maximum Gasteiger partial charge on any atom is 0.147 e. The molecular weight excluding hydrogens is 414 g/mol. The predicted octanol–water partition coefficient (Wildman–Crippen LogP) is 3.11. The van der Waals surface area contributed by atoms with Crippen molar-refractivity contribution in [2.45, 2.75) is 45.3 Å². The predicted molar refractivity (Wildman–Crippen MR) is 123 cm³/mol. The van der Waals surface area contributed by atoms with E-state index in [9.17, 15) is 0 Å². The van der Waals surface area contributed by atoms with Crippen LogP contribution in [0.1, 0.15) is 37.8 Å². The molecule has 3 aromatic heterocycles. The molecular formula is C22H29N5O3S. The molecule has 0 atom stereocenters. The van der Waals surface area contributed by atoms with Crippen LogP contribution in [0.5, 0.6) is 0 Å². The van der Waals surface area contributed by atoms with E-state index in [1.54, 1.807) is 17.7 Å². The monoisotopic (exact) mass is 443 g/mol. The number of aromatic nitrogens is 3. The fourth-order valence-corrected chi connectivity index (χ4v) is 5.63. The van der Waals surface area contributed by atoms with Gasteiger partial charge < -0.3 is 24.8 Å². The van der Waals surface area contributed by atoms with Crippen molar-refractivity contribution in [2.24, 2.45) is 0 Å². The van der Waals surface area contributed by atoms with Crippen molar-refractivity contribution < 1.29 is 14.6 Å². The van der Waals surface area contributed by atoms with E-state index in [0.717, 1.165) is 51.6 Å². The van der Waals surface area contributed by atoms with Crippen LogP contribution < -0.4 is 10.2 Å². The molecule has 31 heavy (non-hydrogen) atoms. The van der Waals surface area contributed by atoms with Gasteiger partial charge in [-0.25, -0.2) is 15.0 Å². The van der Waals surface area contributed by atoms with Gasteiger partial charge in [0.2, 0.25) is 0 Å². The lowest BCUT2D eigenvalue weighted by atomic mass is 9.90. The number of aliphatic hydroxyl groups is 1. The SMILES string of the molecule is CC1(C)Cc2c(c(N3CCCC3)nc3sc4c(NCCOCCO)ncnc4c23)CO1. The Labute approximate surface area is 185 Å². The maximum absolute atomic E-state index is 8.86. The lowest BCUT2D eigenvalue weighted by Gasteiger charge is -2.34. The highest BCUT2D eigenvalue weighted by atomic mass is 32.1. The molecule has 0 amide bonds. The van der Waals surface area contributed by atoms with E-state index in [1.807, 2.05) is 0 Å². The highest BCUT2D eigenvalue weighted by Gasteiger charge is 2.33. The molecule has 0 radical (unpaired) electrons. The van der Waals surface area contributed by atoms with Crippen LogP contribution in [-0.4, -0.2) is 65.1 Å². The molecule has 2 aliphatic heterocycles. The Morgan fingerprint density at radius 1 is 1.23 bits per heavy atom. The van der Waals surface area contributed by atoms with Gasteiger partial charge in [0.15, 0.2) is 0 Å². The van der Waals surface area contributed by atoms with Crippen LogP contribution >= 0.6 is 11.3 Å². The third kappa shape index (κ3) is 3.95. The van der Waals surface area contributed by atoms with Crippen LogP contribution in [0.15, 0.2) is 6.33 Å². The Morgan fingerprint density at radius 3 is 2.87 bits per heavy atom. The highest BCUT2D eigenvalue weighted by molar-refractivity contribution is 7.26. The molecule has 0 saturated carbocycles. The molecule has 5 heterocycles. The number of pyridine rings is 1. The van der Waals surface area contributed by atoms with Gasteiger partial charge in [0, 0.05) is 37.0 Å². The first-order valence-electron chi connectivity index (χ1n) is 11.0. The summed E-state index contributed by atoms with van der Waals surface area (Å²) < 4.78 is 12.6. The summed E-state index contributed by atoms with van der Waals surface area (Å²) in [5.74, 6) is 1.89. The number of nitrogens with zero attached hydrogens (tertiary/aromatic N) is 4. The molecule has 166 valence electrons. The molecule has 2 aliphatic rings. The molecule has 0 bridgehead atoms. The van der Waals surface area contributed by atoms with E-state index in [2.05, 4.69) is 34.0 Å². The Kier molecular flexibility index (Phi) is 5.68. The number of thiophene rings is 1. The van der Waals surface area contributed by atoms with Crippen LogP contribution in [0, 0.1) is 0 Å². The van der Waals surface area contributed by atoms with Crippen LogP contribution in [0.3, 0.4) is 0 Å². The number of anilines is 2. The number of rotatable bonds is 7. The Hall–Kier alpha value is -2.07. The second kappa shape index (κ2) is 8.46. The van der Waals surface area contributed by atoms with E-state index in [4.69, 9.17) is 19.6 Å².